The molecule has 0 spiro atoms. The third-order valence-electron chi connectivity index (χ3n) is 10.9. The second-order valence-electron chi connectivity index (χ2n) is 14.3. The van der Waals surface area contributed by atoms with Gasteiger partial charge in [-0.1, -0.05) is 176 Å². The largest absolute Gasteiger partial charge is 0.455 e. The first kappa shape index (κ1) is 32.7. The number of benzene rings is 8. The van der Waals surface area contributed by atoms with Gasteiger partial charge in [0.2, 0.25) is 0 Å². The van der Waals surface area contributed by atoms with Crippen molar-refractivity contribution in [3.63, 3.8) is 0 Å². The molecule has 0 aliphatic rings. The predicted octanol–water partition coefficient (Wildman–Crippen LogP) is 14.1. The van der Waals surface area contributed by atoms with Gasteiger partial charge in [0, 0.05) is 54.7 Å². The maximum absolute atomic E-state index is 6.37. The normalized spacial score (nSPS) is 11.5. The first-order chi connectivity index (χ1) is 28.2. The second-order valence-corrected chi connectivity index (χ2v) is 14.3. The molecule has 57 heavy (non-hydrogen) atoms. The molecule has 0 saturated carbocycles. The number of fused-ring (bicyclic) bond motifs is 6. The van der Waals surface area contributed by atoms with Crippen molar-refractivity contribution in [1.29, 1.82) is 0 Å². The number of aromatic nitrogens is 3. The fourth-order valence-electron chi connectivity index (χ4n) is 8.16. The molecule has 0 fully saturated rings. The summed E-state index contributed by atoms with van der Waals surface area (Å²) >= 11 is 0. The Hall–Kier alpha value is -7.69. The summed E-state index contributed by atoms with van der Waals surface area (Å²) in [4.78, 5) is 15.5. The van der Waals surface area contributed by atoms with Gasteiger partial charge in [-0.25, -0.2) is 15.0 Å². The Kier molecular flexibility index (Phi) is 7.78. The van der Waals surface area contributed by atoms with E-state index in [0.717, 1.165) is 99.8 Å². The van der Waals surface area contributed by atoms with Gasteiger partial charge < -0.3 is 4.42 Å². The van der Waals surface area contributed by atoms with E-state index in [2.05, 4.69) is 164 Å². The van der Waals surface area contributed by atoms with Gasteiger partial charge in [-0.3, -0.25) is 0 Å². The molecule has 0 amide bonds. The molecule has 0 unspecified atom stereocenters. The topological polar surface area (TPSA) is 51.8 Å². The first-order valence-corrected chi connectivity index (χ1v) is 19.2. The molecule has 0 radical (unpaired) electrons. The molecule has 0 saturated heterocycles. The van der Waals surface area contributed by atoms with E-state index in [1.807, 2.05) is 36.4 Å². The van der Waals surface area contributed by atoms with Crippen LogP contribution >= 0.6 is 0 Å². The molecular weight excluding hydrogens is 695 g/mol. The van der Waals surface area contributed by atoms with Gasteiger partial charge in [0.1, 0.15) is 11.2 Å². The first-order valence-electron chi connectivity index (χ1n) is 19.2. The molecule has 266 valence electrons. The van der Waals surface area contributed by atoms with Crippen LogP contribution in [0.15, 0.2) is 205 Å². The van der Waals surface area contributed by atoms with Crippen LogP contribution in [0.5, 0.6) is 0 Å². The number of hydrogen-bond acceptors (Lipinski definition) is 4. The zero-order chi connectivity index (χ0) is 37.7. The lowest BCUT2D eigenvalue weighted by atomic mass is 9.92. The van der Waals surface area contributed by atoms with Crippen molar-refractivity contribution in [2.75, 3.05) is 0 Å². The van der Waals surface area contributed by atoms with E-state index in [1.165, 1.54) is 5.39 Å². The molecule has 4 heteroatoms. The minimum absolute atomic E-state index is 0.680. The van der Waals surface area contributed by atoms with Gasteiger partial charge in [-0.05, 0) is 41.0 Å². The van der Waals surface area contributed by atoms with Crippen LogP contribution in [0.25, 0.3) is 111 Å². The van der Waals surface area contributed by atoms with E-state index in [0.29, 0.717) is 5.82 Å². The van der Waals surface area contributed by atoms with Crippen LogP contribution < -0.4 is 0 Å². The van der Waals surface area contributed by atoms with Crippen molar-refractivity contribution in [3.8, 4) is 67.4 Å². The SMILES string of the molecule is c1ccc(-c2nc(-c3ccc(-c4cccc5c4oc4ccccc45)cc3)cc(-c3cccc(-c4cccc5c(-c6ccccc6)nc6ccccc6c45)c3)n2)cc1. The van der Waals surface area contributed by atoms with Gasteiger partial charge in [0.05, 0.1) is 22.6 Å². The molecule has 0 aliphatic carbocycles. The van der Waals surface area contributed by atoms with Crippen molar-refractivity contribution in [2.24, 2.45) is 0 Å². The Morgan fingerprint density at radius 2 is 0.912 bits per heavy atom. The van der Waals surface area contributed by atoms with Gasteiger partial charge in [-0.15, -0.1) is 0 Å². The Morgan fingerprint density at radius 1 is 0.333 bits per heavy atom. The average molecular weight is 728 g/mol. The molecule has 8 aromatic carbocycles. The van der Waals surface area contributed by atoms with Crippen LogP contribution in [0.2, 0.25) is 0 Å². The van der Waals surface area contributed by atoms with E-state index in [1.54, 1.807) is 0 Å². The summed E-state index contributed by atoms with van der Waals surface area (Å²) in [7, 11) is 0. The molecular formula is C53H33N3O. The monoisotopic (exact) mass is 727 g/mol. The van der Waals surface area contributed by atoms with Crippen LogP contribution in [0.3, 0.4) is 0 Å². The van der Waals surface area contributed by atoms with Crippen molar-refractivity contribution < 1.29 is 4.42 Å². The van der Waals surface area contributed by atoms with Crippen LogP contribution in [0.1, 0.15) is 0 Å². The zero-order valence-corrected chi connectivity index (χ0v) is 30.8. The molecule has 4 nitrogen and oxygen atoms in total. The predicted molar refractivity (Wildman–Crippen MR) is 235 cm³/mol. The summed E-state index contributed by atoms with van der Waals surface area (Å²) in [5.74, 6) is 0.680. The van der Waals surface area contributed by atoms with Crippen molar-refractivity contribution in [2.45, 2.75) is 0 Å². The van der Waals surface area contributed by atoms with Crippen LogP contribution in [0, 0.1) is 0 Å². The van der Waals surface area contributed by atoms with E-state index < -0.39 is 0 Å². The average Bonchev–Trinajstić information content (AvgIpc) is 3.68. The van der Waals surface area contributed by atoms with Crippen LogP contribution in [-0.4, -0.2) is 15.0 Å². The van der Waals surface area contributed by atoms with E-state index >= 15 is 0 Å². The molecule has 0 N–H and O–H groups in total. The number of hydrogen-bond donors (Lipinski definition) is 0. The highest BCUT2D eigenvalue weighted by atomic mass is 16.3. The molecule has 0 aliphatic heterocycles. The number of para-hydroxylation sites is 3. The standard InChI is InChI=1S/C53H33N3O/c1-3-14-36(15-4-1)51-45-25-12-22-40(50(45)44-21-7-9-26-46(44)54-51)38-18-11-19-39(32-38)48-33-47(55-53(56-48)37-16-5-2-6-17-37)35-30-28-34(29-31-35)41-23-13-24-43-42-20-8-10-27-49(42)57-52(41)43/h1-33H. The molecule has 0 bridgehead atoms. The van der Waals surface area contributed by atoms with Crippen molar-refractivity contribution in [3.05, 3.63) is 200 Å². The zero-order valence-electron chi connectivity index (χ0n) is 30.8. The molecule has 11 aromatic rings. The smallest absolute Gasteiger partial charge is 0.160 e. The van der Waals surface area contributed by atoms with Crippen LogP contribution in [-0.2, 0) is 0 Å². The van der Waals surface area contributed by atoms with Crippen molar-refractivity contribution in [1.82, 2.24) is 15.0 Å². The summed E-state index contributed by atoms with van der Waals surface area (Å²) in [5.41, 5.74) is 13.9. The fourth-order valence-corrected chi connectivity index (χ4v) is 8.16. The molecule has 0 atom stereocenters. The summed E-state index contributed by atoms with van der Waals surface area (Å²) < 4.78 is 6.37. The molecule has 3 aromatic heterocycles. The van der Waals surface area contributed by atoms with Gasteiger partial charge >= 0.3 is 0 Å². The lowest BCUT2D eigenvalue weighted by molar-refractivity contribution is 0.670. The summed E-state index contributed by atoms with van der Waals surface area (Å²) in [6, 6.07) is 69.7. The second kappa shape index (κ2) is 13.6. The highest BCUT2D eigenvalue weighted by molar-refractivity contribution is 6.17. The van der Waals surface area contributed by atoms with Gasteiger partial charge in [0.15, 0.2) is 5.82 Å². The van der Waals surface area contributed by atoms with Crippen molar-refractivity contribution >= 4 is 43.6 Å². The van der Waals surface area contributed by atoms with Gasteiger partial charge in [0.25, 0.3) is 0 Å². The molecule has 11 rings (SSSR count). The van der Waals surface area contributed by atoms with Gasteiger partial charge in [-0.2, -0.15) is 0 Å². The number of rotatable bonds is 6. The Morgan fingerprint density at radius 3 is 1.72 bits per heavy atom. The number of furan rings is 1. The third kappa shape index (κ3) is 5.74. The quantitative estimate of drug-likeness (QED) is 0.160. The Balaban J connectivity index is 1.04. The third-order valence-corrected chi connectivity index (χ3v) is 10.9. The molecule has 3 heterocycles. The highest BCUT2D eigenvalue weighted by Crippen LogP contribution is 2.40. The maximum atomic E-state index is 6.37. The highest BCUT2D eigenvalue weighted by Gasteiger charge is 2.17. The lowest BCUT2D eigenvalue weighted by Crippen LogP contribution is -1.96. The summed E-state index contributed by atoms with van der Waals surface area (Å²) in [6.07, 6.45) is 0. The summed E-state index contributed by atoms with van der Waals surface area (Å²) in [6.45, 7) is 0. The van der Waals surface area contributed by atoms with Crippen LogP contribution in [0.4, 0.5) is 0 Å². The number of pyridine rings is 1. The Bertz CT molecular complexity index is 3280. The van der Waals surface area contributed by atoms with E-state index in [-0.39, 0.29) is 0 Å². The minimum Gasteiger partial charge on any atom is -0.455 e. The lowest BCUT2D eigenvalue weighted by Gasteiger charge is -2.15. The fraction of sp³-hybridized carbons (Fsp3) is 0. The summed E-state index contributed by atoms with van der Waals surface area (Å²) in [5, 5.41) is 5.68. The minimum atomic E-state index is 0.680. The maximum Gasteiger partial charge on any atom is 0.160 e. The number of nitrogens with zero attached hydrogens (tertiary/aromatic N) is 3. The Labute approximate surface area is 329 Å². The van der Waals surface area contributed by atoms with E-state index in [4.69, 9.17) is 19.4 Å². The van der Waals surface area contributed by atoms with E-state index in [9.17, 15) is 0 Å².